The van der Waals surface area contributed by atoms with Crippen LogP contribution in [-0.2, 0) is 14.3 Å². The molecule has 3 atom stereocenters. The van der Waals surface area contributed by atoms with Crippen LogP contribution in [0.2, 0.25) is 0 Å². The fourth-order valence-electron chi connectivity index (χ4n) is 3.24. The Bertz CT molecular complexity index is 570. The molecule has 2 N–H and O–H groups in total. The molecule has 1 aliphatic heterocycles. The molecule has 138 valence electrons. The van der Waals surface area contributed by atoms with Crippen molar-refractivity contribution in [2.45, 2.75) is 39.9 Å². The van der Waals surface area contributed by atoms with Gasteiger partial charge in [0.1, 0.15) is 0 Å². The average molecular weight is 347 g/mol. The van der Waals surface area contributed by atoms with Crippen LogP contribution in [0.25, 0.3) is 0 Å². The van der Waals surface area contributed by atoms with E-state index in [1.807, 2.05) is 43.3 Å². The van der Waals surface area contributed by atoms with Gasteiger partial charge in [-0.05, 0) is 49.8 Å². The number of aliphatic hydroxyl groups is 1. The van der Waals surface area contributed by atoms with Crippen molar-refractivity contribution in [2.24, 2.45) is 17.8 Å². The number of benzene rings is 1. The predicted molar refractivity (Wildman–Crippen MR) is 97.8 cm³/mol. The molecule has 0 spiro atoms. The number of rotatable bonds is 8. The molecular formula is C20H29NO4. The molecule has 5 heteroatoms. The van der Waals surface area contributed by atoms with E-state index in [1.165, 1.54) is 0 Å². The molecule has 1 aliphatic rings. The van der Waals surface area contributed by atoms with Crippen molar-refractivity contribution in [3.63, 3.8) is 0 Å². The highest BCUT2D eigenvalue weighted by molar-refractivity contribution is 6.02. The summed E-state index contributed by atoms with van der Waals surface area (Å²) in [6.45, 7) is 6.84. The van der Waals surface area contributed by atoms with Crippen LogP contribution in [0.15, 0.2) is 42.2 Å². The molecule has 2 rings (SSSR count). The van der Waals surface area contributed by atoms with Crippen molar-refractivity contribution in [2.75, 3.05) is 18.5 Å². The molecule has 1 aromatic carbocycles. The third kappa shape index (κ3) is 5.31. The standard InChI is InChI=1S/C20H29NO4/c1-4-24-20-16(11-8-12-22)17(14(2)3)13-18(25-20)19(23)21-15-9-6-5-7-10-15/h5-7,9-10,13-14,16-17,20,22H,4,8,11-12H2,1-3H3,(H,21,23)/t16-,17-,20-/m1/s1. The molecule has 0 aliphatic carbocycles. The van der Waals surface area contributed by atoms with Gasteiger partial charge in [-0.3, -0.25) is 4.79 Å². The molecule has 0 saturated heterocycles. The summed E-state index contributed by atoms with van der Waals surface area (Å²) >= 11 is 0. The second-order valence-electron chi connectivity index (χ2n) is 6.64. The van der Waals surface area contributed by atoms with Gasteiger partial charge in [-0.1, -0.05) is 32.0 Å². The van der Waals surface area contributed by atoms with E-state index in [0.29, 0.717) is 24.7 Å². The van der Waals surface area contributed by atoms with Crippen molar-refractivity contribution in [1.29, 1.82) is 0 Å². The lowest BCUT2D eigenvalue weighted by Crippen LogP contribution is -2.40. The molecule has 1 heterocycles. The Kier molecular flexibility index (Phi) is 7.47. The number of allylic oxidation sites excluding steroid dienone is 1. The van der Waals surface area contributed by atoms with Crippen LogP contribution < -0.4 is 5.32 Å². The minimum absolute atomic E-state index is 0.125. The van der Waals surface area contributed by atoms with Crippen LogP contribution in [0.4, 0.5) is 5.69 Å². The topological polar surface area (TPSA) is 67.8 Å². The number of carbonyl (C=O) groups is 1. The van der Waals surface area contributed by atoms with E-state index in [9.17, 15) is 9.90 Å². The number of aliphatic hydroxyl groups excluding tert-OH is 1. The fraction of sp³-hybridized carbons (Fsp3) is 0.550. The van der Waals surface area contributed by atoms with E-state index < -0.39 is 6.29 Å². The summed E-state index contributed by atoms with van der Waals surface area (Å²) in [7, 11) is 0. The van der Waals surface area contributed by atoms with Crippen molar-refractivity contribution < 1.29 is 19.4 Å². The maximum Gasteiger partial charge on any atom is 0.290 e. The van der Waals surface area contributed by atoms with Crippen LogP contribution in [0, 0.1) is 17.8 Å². The monoisotopic (exact) mass is 347 g/mol. The van der Waals surface area contributed by atoms with Crippen molar-refractivity contribution in [3.05, 3.63) is 42.2 Å². The fourth-order valence-corrected chi connectivity index (χ4v) is 3.24. The molecule has 0 bridgehead atoms. The lowest BCUT2D eigenvalue weighted by atomic mass is 9.78. The zero-order chi connectivity index (χ0) is 18.2. The molecule has 5 nitrogen and oxygen atoms in total. The summed E-state index contributed by atoms with van der Waals surface area (Å²) in [4.78, 5) is 12.6. The molecule has 1 aromatic rings. The number of anilines is 1. The number of nitrogens with one attached hydrogen (secondary N) is 1. The zero-order valence-electron chi connectivity index (χ0n) is 15.3. The van der Waals surface area contributed by atoms with Crippen LogP contribution in [0.1, 0.15) is 33.6 Å². The van der Waals surface area contributed by atoms with Crippen LogP contribution in [-0.4, -0.2) is 30.5 Å². The highest BCUT2D eigenvalue weighted by atomic mass is 16.7. The number of amides is 1. The van der Waals surface area contributed by atoms with Crippen LogP contribution >= 0.6 is 0 Å². The molecule has 1 amide bonds. The molecule has 0 radical (unpaired) electrons. The van der Waals surface area contributed by atoms with Crippen LogP contribution in [0.5, 0.6) is 0 Å². The first kappa shape index (κ1) is 19.5. The summed E-state index contributed by atoms with van der Waals surface area (Å²) in [5.41, 5.74) is 0.730. The van der Waals surface area contributed by atoms with Gasteiger partial charge in [0.2, 0.25) is 6.29 Å². The summed E-state index contributed by atoms with van der Waals surface area (Å²) < 4.78 is 11.7. The maximum absolute atomic E-state index is 12.6. The first-order valence-electron chi connectivity index (χ1n) is 9.04. The number of hydrogen-bond donors (Lipinski definition) is 2. The molecule has 25 heavy (non-hydrogen) atoms. The summed E-state index contributed by atoms with van der Waals surface area (Å²) in [6, 6.07) is 9.32. The van der Waals surface area contributed by atoms with E-state index in [1.54, 1.807) is 0 Å². The maximum atomic E-state index is 12.6. The van der Waals surface area contributed by atoms with Gasteiger partial charge < -0.3 is 19.9 Å². The number of carbonyl (C=O) groups excluding carboxylic acids is 1. The quantitative estimate of drug-likeness (QED) is 0.754. The van der Waals surface area contributed by atoms with Gasteiger partial charge >= 0.3 is 0 Å². The highest BCUT2D eigenvalue weighted by Crippen LogP contribution is 2.37. The molecule has 0 saturated carbocycles. The Balaban J connectivity index is 2.20. The van der Waals surface area contributed by atoms with Gasteiger partial charge in [0, 0.05) is 24.8 Å². The van der Waals surface area contributed by atoms with E-state index in [2.05, 4.69) is 19.2 Å². The second kappa shape index (κ2) is 9.59. The zero-order valence-corrected chi connectivity index (χ0v) is 15.3. The van der Waals surface area contributed by atoms with Crippen LogP contribution in [0.3, 0.4) is 0 Å². The summed E-state index contributed by atoms with van der Waals surface area (Å²) in [6.07, 6.45) is 2.94. The normalized spacial score (nSPS) is 23.1. The molecule has 0 aromatic heterocycles. The van der Waals surface area contributed by atoms with Gasteiger partial charge in [0.05, 0.1) is 0 Å². The first-order chi connectivity index (χ1) is 12.1. The first-order valence-corrected chi connectivity index (χ1v) is 9.04. The Morgan fingerprint density at radius 1 is 1.32 bits per heavy atom. The minimum Gasteiger partial charge on any atom is -0.459 e. The van der Waals surface area contributed by atoms with Gasteiger partial charge in [0.25, 0.3) is 5.91 Å². The lowest BCUT2D eigenvalue weighted by molar-refractivity contribution is -0.173. The van der Waals surface area contributed by atoms with Crippen molar-refractivity contribution >= 4 is 11.6 Å². The summed E-state index contributed by atoms with van der Waals surface area (Å²) in [5.74, 6) is 0.673. The highest BCUT2D eigenvalue weighted by Gasteiger charge is 2.38. The van der Waals surface area contributed by atoms with E-state index in [4.69, 9.17) is 9.47 Å². The largest absolute Gasteiger partial charge is 0.459 e. The third-order valence-corrected chi connectivity index (χ3v) is 4.48. The Morgan fingerprint density at radius 3 is 2.64 bits per heavy atom. The average Bonchev–Trinajstić information content (AvgIpc) is 2.61. The Morgan fingerprint density at radius 2 is 2.04 bits per heavy atom. The van der Waals surface area contributed by atoms with E-state index >= 15 is 0 Å². The van der Waals surface area contributed by atoms with Gasteiger partial charge in [-0.15, -0.1) is 0 Å². The number of hydrogen-bond acceptors (Lipinski definition) is 4. The molecule has 0 unspecified atom stereocenters. The SMILES string of the molecule is CCO[C@@H]1OC(C(=O)Nc2ccccc2)=C[C@H](C(C)C)[C@H]1CCCO. The minimum atomic E-state index is -0.467. The van der Waals surface area contributed by atoms with Gasteiger partial charge in [0.15, 0.2) is 5.76 Å². The van der Waals surface area contributed by atoms with Crippen molar-refractivity contribution in [3.8, 4) is 0 Å². The number of para-hydroxylation sites is 1. The third-order valence-electron chi connectivity index (χ3n) is 4.48. The second-order valence-corrected chi connectivity index (χ2v) is 6.64. The smallest absolute Gasteiger partial charge is 0.290 e. The van der Waals surface area contributed by atoms with E-state index in [-0.39, 0.29) is 24.3 Å². The van der Waals surface area contributed by atoms with Gasteiger partial charge in [-0.25, -0.2) is 0 Å². The predicted octanol–water partition coefficient (Wildman–Crippen LogP) is 3.56. The summed E-state index contributed by atoms with van der Waals surface area (Å²) in [5, 5.41) is 12.0. The molecule has 0 fully saturated rings. The Labute approximate surface area is 150 Å². The van der Waals surface area contributed by atoms with Gasteiger partial charge in [-0.2, -0.15) is 0 Å². The lowest BCUT2D eigenvalue weighted by Gasteiger charge is -2.38. The Hall–Kier alpha value is -1.85. The van der Waals surface area contributed by atoms with E-state index in [0.717, 1.165) is 12.1 Å². The molecular weight excluding hydrogens is 318 g/mol. The van der Waals surface area contributed by atoms with Crippen molar-refractivity contribution in [1.82, 2.24) is 0 Å². The number of ether oxygens (including phenoxy) is 2.